The SMILES string of the molecule is CCCOc1cc(-n2cccc(C)c2=O)c(C)cc1N. The normalized spacial score (nSPS) is 10.6. The maximum Gasteiger partial charge on any atom is 0.257 e. The van der Waals surface area contributed by atoms with Gasteiger partial charge in [0.2, 0.25) is 0 Å². The van der Waals surface area contributed by atoms with Gasteiger partial charge in [0.25, 0.3) is 5.56 Å². The second-order valence-electron chi connectivity index (χ2n) is 4.89. The van der Waals surface area contributed by atoms with E-state index in [0.29, 0.717) is 23.6 Å². The Bertz CT molecular complexity index is 675. The summed E-state index contributed by atoms with van der Waals surface area (Å²) < 4.78 is 7.26. The Hall–Kier alpha value is -2.23. The number of ether oxygens (including phenoxy) is 1. The number of nitrogens with two attached hydrogens (primary N) is 1. The summed E-state index contributed by atoms with van der Waals surface area (Å²) in [4.78, 5) is 12.2. The van der Waals surface area contributed by atoms with Gasteiger partial charge in [-0.1, -0.05) is 13.0 Å². The zero-order valence-electron chi connectivity index (χ0n) is 12.1. The van der Waals surface area contributed by atoms with Crippen LogP contribution < -0.4 is 16.0 Å². The molecule has 1 aromatic carbocycles. The lowest BCUT2D eigenvalue weighted by molar-refractivity contribution is 0.319. The molecule has 0 aliphatic carbocycles. The van der Waals surface area contributed by atoms with E-state index in [-0.39, 0.29) is 5.56 Å². The van der Waals surface area contributed by atoms with Crippen molar-refractivity contribution < 1.29 is 4.74 Å². The van der Waals surface area contributed by atoms with Gasteiger partial charge in [-0.05, 0) is 38.0 Å². The van der Waals surface area contributed by atoms with Gasteiger partial charge in [-0.2, -0.15) is 0 Å². The molecule has 0 saturated carbocycles. The minimum absolute atomic E-state index is 0.0261. The fourth-order valence-corrected chi connectivity index (χ4v) is 2.09. The fourth-order valence-electron chi connectivity index (χ4n) is 2.09. The van der Waals surface area contributed by atoms with Crippen molar-refractivity contribution in [1.29, 1.82) is 0 Å². The molecule has 2 rings (SSSR count). The van der Waals surface area contributed by atoms with Crippen molar-refractivity contribution in [2.45, 2.75) is 27.2 Å². The highest BCUT2D eigenvalue weighted by atomic mass is 16.5. The molecule has 1 heterocycles. The molecule has 20 heavy (non-hydrogen) atoms. The molecule has 4 nitrogen and oxygen atoms in total. The first-order chi connectivity index (χ1) is 9.54. The molecule has 0 unspecified atom stereocenters. The van der Waals surface area contributed by atoms with Gasteiger partial charge in [-0.3, -0.25) is 9.36 Å². The standard InChI is InChI=1S/C16H20N2O2/c1-4-8-20-15-10-14(12(3)9-13(15)17)18-7-5-6-11(2)16(18)19/h5-7,9-10H,4,8,17H2,1-3H3. The number of hydrogen-bond donors (Lipinski definition) is 1. The summed E-state index contributed by atoms with van der Waals surface area (Å²) >= 11 is 0. The summed E-state index contributed by atoms with van der Waals surface area (Å²) in [6, 6.07) is 7.34. The van der Waals surface area contributed by atoms with E-state index in [1.54, 1.807) is 23.8 Å². The van der Waals surface area contributed by atoms with Gasteiger partial charge in [0, 0.05) is 17.8 Å². The molecular formula is C16H20N2O2. The molecule has 0 fully saturated rings. The quantitative estimate of drug-likeness (QED) is 0.871. The van der Waals surface area contributed by atoms with E-state index in [2.05, 4.69) is 0 Å². The van der Waals surface area contributed by atoms with Crippen molar-refractivity contribution in [2.75, 3.05) is 12.3 Å². The molecule has 4 heteroatoms. The van der Waals surface area contributed by atoms with E-state index in [9.17, 15) is 4.79 Å². The highest BCUT2D eigenvalue weighted by Crippen LogP contribution is 2.27. The molecule has 0 atom stereocenters. The largest absolute Gasteiger partial charge is 0.491 e. The number of nitrogen functional groups attached to an aromatic ring is 1. The molecule has 2 N–H and O–H groups in total. The number of anilines is 1. The molecule has 2 aromatic rings. The van der Waals surface area contributed by atoms with E-state index in [1.165, 1.54) is 0 Å². The van der Waals surface area contributed by atoms with Gasteiger partial charge in [0.05, 0.1) is 18.0 Å². The molecule has 0 radical (unpaired) electrons. The maximum absolute atomic E-state index is 12.2. The topological polar surface area (TPSA) is 57.2 Å². The first-order valence-corrected chi connectivity index (χ1v) is 6.76. The van der Waals surface area contributed by atoms with Crippen LogP contribution >= 0.6 is 0 Å². The molecule has 1 aromatic heterocycles. The second-order valence-corrected chi connectivity index (χ2v) is 4.89. The Kier molecular flexibility index (Phi) is 4.13. The summed E-state index contributed by atoms with van der Waals surface area (Å²) in [5, 5.41) is 0. The highest BCUT2D eigenvalue weighted by Gasteiger charge is 2.10. The van der Waals surface area contributed by atoms with Crippen LogP contribution in [0, 0.1) is 13.8 Å². The van der Waals surface area contributed by atoms with Crippen LogP contribution in [-0.4, -0.2) is 11.2 Å². The molecule has 0 amide bonds. The summed E-state index contributed by atoms with van der Waals surface area (Å²) in [6.07, 6.45) is 2.67. The Labute approximate surface area is 118 Å². The third kappa shape index (κ3) is 2.69. The number of pyridine rings is 1. The van der Waals surface area contributed by atoms with E-state index < -0.39 is 0 Å². The van der Waals surface area contributed by atoms with Crippen molar-refractivity contribution in [2.24, 2.45) is 0 Å². The number of aromatic nitrogens is 1. The Morgan fingerprint density at radius 2 is 2.00 bits per heavy atom. The van der Waals surface area contributed by atoms with Crippen LogP contribution in [0.15, 0.2) is 35.3 Å². The number of aryl methyl sites for hydroxylation is 2. The monoisotopic (exact) mass is 272 g/mol. The summed E-state index contributed by atoms with van der Waals surface area (Å²) in [7, 11) is 0. The first-order valence-electron chi connectivity index (χ1n) is 6.76. The van der Waals surface area contributed by atoms with Crippen LogP contribution in [0.2, 0.25) is 0 Å². The zero-order valence-corrected chi connectivity index (χ0v) is 12.1. The number of nitrogens with zero attached hydrogens (tertiary/aromatic N) is 1. The molecule has 0 bridgehead atoms. The van der Waals surface area contributed by atoms with Crippen LogP contribution in [0.25, 0.3) is 5.69 Å². The Morgan fingerprint density at radius 3 is 2.70 bits per heavy atom. The predicted octanol–water partition coefficient (Wildman–Crippen LogP) is 2.83. The molecule has 106 valence electrons. The van der Waals surface area contributed by atoms with Gasteiger partial charge >= 0.3 is 0 Å². The van der Waals surface area contributed by atoms with Gasteiger partial charge in [-0.25, -0.2) is 0 Å². The third-order valence-corrected chi connectivity index (χ3v) is 3.19. The minimum atomic E-state index is -0.0261. The maximum atomic E-state index is 12.2. The lowest BCUT2D eigenvalue weighted by atomic mass is 10.1. The summed E-state index contributed by atoms with van der Waals surface area (Å²) in [5.41, 5.74) is 8.99. The van der Waals surface area contributed by atoms with Crippen LogP contribution in [0.5, 0.6) is 5.75 Å². The van der Waals surface area contributed by atoms with Gasteiger partial charge < -0.3 is 10.5 Å². The number of hydrogen-bond acceptors (Lipinski definition) is 3. The third-order valence-electron chi connectivity index (χ3n) is 3.19. The summed E-state index contributed by atoms with van der Waals surface area (Å²) in [5.74, 6) is 0.626. The van der Waals surface area contributed by atoms with Crippen LogP contribution in [-0.2, 0) is 0 Å². The predicted molar refractivity (Wildman–Crippen MR) is 81.7 cm³/mol. The Balaban J connectivity index is 2.56. The average Bonchev–Trinajstić information content (AvgIpc) is 2.41. The van der Waals surface area contributed by atoms with E-state index in [4.69, 9.17) is 10.5 Å². The second kappa shape index (κ2) is 5.82. The average molecular weight is 272 g/mol. The van der Waals surface area contributed by atoms with E-state index >= 15 is 0 Å². The van der Waals surface area contributed by atoms with E-state index in [1.807, 2.05) is 32.0 Å². The number of rotatable bonds is 4. The lowest BCUT2D eigenvalue weighted by Crippen LogP contribution is -2.20. The Morgan fingerprint density at radius 1 is 1.25 bits per heavy atom. The molecule has 0 spiro atoms. The molecular weight excluding hydrogens is 252 g/mol. The van der Waals surface area contributed by atoms with E-state index in [0.717, 1.165) is 17.7 Å². The van der Waals surface area contributed by atoms with Gasteiger partial charge in [0.15, 0.2) is 0 Å². The van der Waals surface area contributed by atoms with Gasteiger partial charge in [0.1, 0.15) is 5.75 Å². The van der Waals surface area contributed by atoms with Crippen molar-refractivity contribution >= 4 is 5.69 Å². The molecule has 0 saturated heterocycles. The van der Waals surface area contributed by atoms with Crippen LogP contribution in [0.1, 0.15) is 24.5 Å². The van der Waals surface area contributed by atoms with Crippen LogP contribution in [0.3, 0.4) is 0 Å². The highest BCUT2D eigenvalue weighted by molar-refractivity contribution is 5.61. The minimum Gasteiger partial charge on any atom is -0.491 e. The fraction of sp³-hybridized carbons (Fsp3) is 0.312. The van der Waals surface area contributed by atoms with Crippen molar-refractivity contribution in [1.82, 2.24) is 4.57 Å². The van der Waals surface area contributed by atoms with Crippen molar-refractivity contribution in [3.8, 4) is 11.4 Å². The summed E-state index contributed by atoms with van der Waals surface area (Å²) in [6.45, 7) is 6.38. The molecule has 0 aliphatic rings. The van der Waals surface area contributed by atoms with Gasteiger partial charge in [-0.15, -0.1) is 0 Å². The molecule has 0 aliphatic heterocycles. The van der Waals surface area contributed by atoms with Crippen molar-refractivity contribution in [3.05, 3.63) is 51.9 Å². The first kappa shape index (κ1) is 14.2. The number of benzene rings is 1. The van der Waals surface area contributed by atoms with Crippen LogP contribution in [0.4, 0.5) is 5.69 Å². The van der Waals surface area contributed by atoms with Crippen molar-refractivity contribution in [3.63, 3.8) is 0 Å². The smallest absolute Gasteiger partial charge is 0.257 e. The zero-order chi connectivity index (χ0) is 14.7. The lowest BCUT2D eigenvalue weighted by Gasteiger charge is -2.14.